The fraction of sp³-hybridized carbons (Fsp3) is 0.526. The number of fused-ring (bicyclic) bond motifs is 1. The Balaban J connectivity index is 1.49. The lowest BCUT2D eigenvalue weighted by Gasteiger charge is -2.21. The lowest BCUT2D eigenvalue weighted by atomic mass is 10.0. The number of sulfonamides is 1. The topological polar surface area (TPSA) is 85.2 Å². The van der Waals surface area contributed by atoms with Gasteiger partial charge in [0, 0.05) is 24.1 Å². The molecular weight excluding hydrogens is 396 g/mol. The van der Waals surface area contributed by atoms with Gasteiger partial charge in [0.1, 0.15) is 5.82 Å². The third-order valence-corrected chi connectivity index (χ3v) is 7.49. The minimum Gasteiger partial charge on any atom is -0.306 e. The zero-order valence-electron chi connectivity index (χ0n) is 16.3. The van der Waals surface area contributed by atoms with E-state index in [2.05, 4.69) is 21.7 Å². The van der Waals surface area contributed by atoms with E-state index in [9.17, 15) is 13.2 Å². The first kappa shape index (κ1) is 19.4. The van der Waals surface area contributed by atoms with Crippen LogP contribution in [0.3, 0.4) is 0 Å². The van der Waals surface area contributed by atoms with Crippen LogP contribution in [-0.4, -0.2) is 47.0 Å². The lowest BCUT2D eigenvalue weighted by molar-refractivity contribution is 0.102. The van der Waals surface area contributed by atoms with Gasteiger partial charge in [-0.1, -0.05) is 11.8 Å². The number of rotatable bonds is 7. The van der Waals surface area contributed by atoms with E-state index in [-0.39, 0.29) is 17.6 Å². The zero-order valence-corrected chi connectivity index (χ0v) is 17.9. The van der Waals surface area contributed by atoms with Gasteiger partial charge in [0.15, 0.2) is 10.9 Å². The molecule has 28 heavy (non-hydrogen) atoms. The van der Waals surface area contributed by atoms with Crippen molar-refractivity contribution in [2.45, 2.75) is 56.8 Å². The Morgan fingerprint density at radius 1 is 1.29 bits per heavy atom. The average molecular weight is 421 g/mol. The Bertz CT molecular complexity index is 1030. The second-order valence-electron chi connectivity index (χ2n) is 7.53. The van der Waals surface area contributed by atoms with Crippen molar-refractivity contribution in [2.75, 3.05) is 16.3 Å². The third-order valence-electron chi connectivity index (χ3n) is 5.25. The minimum absolute atomic E-state index is 0.0110. The Morgan fingerprint density at radius 3 is 2.68 bits per heavy atom. The number of thioether (sulfide) groups is 1. The van der Waals surface area contributed by atoms with E-state index < -0.39 is 10.0 Å². The molecule has 1 fully saturated rings. The van der Waals surface area contributed by atoms with E-state index in [1.54, 1.807) is 12.1 Å². The average Bonchev–Trinajstić information content (AvgIpc) is 3.30. The summed E-state index contributed by atoms with van der Waals surface area (Å²) < 4.78 is 27.6. The summed E-state index contributed by atoms with van der Waals surface area (Å²) in [5, 5.41) is 9.36. The number of carbonyl (C=O) groups excluding carboxylic acids is 1. The number of nitrogens with zero attached hydrogens (tertiary/aromatic N) is 4. The van der Waals surface area contributed by atoms with Gasteiger partial charge in [-0.25, -0.2) is 8.42 Å². The van der Waals surface area contributed by atoms with Crippen LogP contribution in [0.15, 0.2) is 23.4 Å². The maximum atomic E-state index is 12.7. The van der Waals surface area contributed by atoms with E-state index in [4.69, 9.17) is 0 Å². The number of benzene rings is 1. The SMILES string of the molecule is CCn1c(SCC(=O)c2ccc3c(c2)C[C@@H](C)N3S(C)(=O)=O)nnc1C1CC1. The maximum absolute atomic E-state index is 12.7. The van der Waals surface area contributed by atoms with Crippen LogP contribution in [0.25, 0.3) is 0 Å². The number of Topliss-reactive ketones (excluding diaryl/α,β-unsaturated/α-hetero) is 1. The summed E-state index contributed by atoms with van der Waals surface area (Å²) in [7, 11) is -3.33. The number of hydrogen-bond donors (Lipinski definition) is 0. The summed E-state index contributed by atoms with van der Waals surface area (Å²) in [5.41, 5.74) is 2.19. The summed E-state index contributed by atoms with van der Waals surface area (Å²) in [4.78, 5) is 12.7. The van der Waals surface area contributed by atoms with Gasteiger partial charge in [0.2, 0.25) is 10.0 Å². The number of carbonyl (C=O) groups is 1. The normalized spacial score (nSPS) is 19.1. The Labute approximate surface area is 169 Å². The maximum Gasteiger partial charge on any atom is 0.232 e. The van der Waals surface area contributed by atoms with Crippen molar-refractivity contribution in [3.8, 4) is 0 Å². The molecule has 7 nitrogen and oxygen atoms in total. The second kappa shape index (κ2) is 7.18. The quantitative estimate of drug-likeness (QED) is 0.506. The molecule has 2 heterocycles. The van der Waals surface area contributed by atoms with Crippen molar-refractivity contribution in [3.05, 3.63) is 35.2 Å². The van der Waals surface area contributed by atoms with Gasteiger partial charge >= 0.3 is 0 Å². The van der Waals surface area contributed by atoms with Gasteiger partial charge in [-0.2, -0.15) is 0 Å². The summed E-state index contributed by atoms with van der Waals surface area (Å²) in [5.74, 6) is 1.85. The molecule has 1 aliphatic carbocycles. The molecule has 2 aliphatic rings. The number of ketones is 1. The lowest BCUT2D eigenvalue weighted by Crippen LogP contribution is -2.34. The summed E-state index contributed by atoms with van der Waals surface area (Å²) in [6, 6.07) is 5.17. The van der Waals surface area contributed by atoms with Gasteiger partial charge in [-0.05, 0) is 56.9 Å². The van der Waals surface area contributed by atoms with Crippen LogP contribution in [0.5, 0.6) is 0 Å². The van der Waals surface area contributed by atoms with Crippen LogP contribution in [-0.2, 0) is 23.0 Å². The molecule has 4 rings (SSSR count). The monoisotopic (exact) mass is 420 g/mol. The van der Waals surface area contributed by atoms with Crippen LogP contribution in [0, 0.1) is 0 Å². The van der Waals surface area contributed by atoms with Gasteiger partial charge in [-0.15, -0.1) is 10.2 Å². The molecule has 0 unspecified atom stereocenters. The number of hydrogen-bond acceptors (Lipinski definition) is 6. The summed E-state index contributed by atoms with van der Waals surface area (Å²) in [6.45, 7) is 4.75. The molecule has 1 saturated carbocycles. The van der Waals surface area contributed by atoms with Gasteiger partial charge < -0.3 is 4.57 Å². The van der Waals surface area contributed by atoms with Crippen LogP contribution in [0.2, 0.25) is 0 Å². The fourth-order valence-electron chi connectivity index (χ4n) is 3.84. The van der Waals surface area contributed by atoms with Crippen molar-refractivity contribution in [2.24, 2.45) is 0 Å². The van der Waals surface area contributed by atoms with E-state index in [1.807, 2.05) is 13.0 Å². The highest BCUT2D eigenvalue weighted by molar-refractivity contribution is 7.99. The van der Waals surface area contributed by atoms with Crippen molar-refractivity contribution in [1.82, 2.24) is 14.8 Å². The molecule has 1 aliphatic heterocycles. The van der Waals surface area contributed by atoms with Crippen LogP contribution >= 0.6 is 11.8 Å². The minimum atomic E-state index is -3.33. The molecule has 9 heteroatoms. The van der Waals surface area contributed by atoms with E-state index >= 15 is 0 Å². The summed E-state index contributed by atoms with van der Waals surface area (Å²) in [6.07, 6.45) is 4.17. The molecule has 0 radical (unpaired) electrons. The largest absolute Gasteiger partial charge is 0.306 e. The fourth-order valence-corrected chi connectivity index (χ4v) is 6.01. The third kappa shape index (κ3) is 3.57. The highest BCUT2D eigenvalue weighted by atomic mass is 32.2. The number of aromatic nitrogens is 3. The highest BCUT2D eigenvalue weighted by Gasteiger charge is 2.33. The van der Waals surface area contributed by atoms with Crippen molar-refractivity contribution >= 4 is 33.3 Å². The summed E-state index contributed by atoms with van der Waals surface area (Å²) >= 11 is 1.41. The van der Waals surface area contributed by atoms with Crippen LogP contribution < -0.4 is 4.31 Å². The zero-order chi connectivity index (χ0) is 20.1. The van der Waals surface area contributed by atoms with E-state index in [0.717, 1.165) is 23.1 Å². The van der Waals surface area contributed by atoms with E-state index in [0.29, 0.717) is 23.6 Å². The Kier molecular flexibility index (Phi) is 4.99. The first-order valence-corrected chi connectivity index (χ1v) is 12.3. The Morgan fingerprint density at radius 2 is 2.04 bits per heavy atom. The molecule has 0 bridgehead atoms. The predicted molar refractivity (Wildman–Crippen MR) is 110 cm³/mol. The van der Waals surface area contributed by atoms with Crippen molar-refractivity contribution in [1.29, 1.82) is 0 Å². The molecular formula is C19H24N4O3S2. The standard InChI is InChI=1S/C19H24N4O3S2/c1-4-22-18(13-5-6-13)20-21-19(22)27-11-17(24)14-7-8-16-15(10-14)9-12(2)23(16)28(3,25)26/h7-8,10,12-13H,4-6,9,11H2,1-3H3/t12-/m1/s1. The van der Waals surface area contributed by atoms with E-state index in [1.165, 1.54) is 35.2 Å². The molecule has 2 aromatic rings. The van der Waals surface area contributed by atoms with Crippen LogP contribution in [0.1, 0.15) is 54.4 Å². The molecule has 150 valence electrons. The predicted octanol–water partition coefficient (Wildman–Crippen LogP) is 2.86. The molecule has 0 N–H and O–H groups in total. The molecule has 0 saturated heterocycles. The first-order valence-electron chi connectivity index (χ1n) is 9.51. The molecule has 0 spiro atoms. The van der Waals surface area contributed by atoms with Gasteiger partial charge in [0.25, 0.3) is 0 Å². The number of anilines is 1. The smallest absolute Gasteiger partial charge is 0.232 e. The van der Waals surface area contributed by atoms with Crippen molar-refractivity contribution < 1.29 is 13.2 Å². The van der Waals surface area contributed by atoms with Crippen LogP contribution in [0.4, 0.5) is 5.69 Å². The highest BCUT2D eigenvalue weighted by Crippen LogP contribution is 2.40. The molecule has 1 aromatic carbocycles. The second-order valence-corrected chi connectivity index (χ2v) is 10.3. The van der Waals surface area contributed by atoms with Crippen molar-refractivity contribution in [3.63, 3.8) is 0 Å². The Hall–Kier alpha value is -1.87. The molecule has 1 atom stereocenters. The van der Waals surface area contributed by atoms with Gasteiger partial charge in [0.05, 0.1) is 17.7 Å². The van der Waals surface area contributed by atoms with Gasteiger partial charge in [-0.3, -0.25) is 9.10 Å². The first-order chi connectivity index (χ1) is 13.3. The molecule has 0 amide bonds. The molecule has 1 aromatic heterocycles.